The van der Waals surface area contributed by atoms with Crippen molar-refractivity contribution < 1.29 is 90.2 Å². The number of aliphatic hydroxyl groups is 4. The van der Waals surface area contributed by atoms with E-state index in [4.69, 9.17) is 20.4 Å². The molecule has 4 atom stereocenters. The number of aliphatic hydroxyl groups excluding tert-OH is 4. The van der Waals surface area contributed by atoms with E-state index in [1.165, 1.54) is 0 Å². The van der Waals surface area contributed by atoms with E-state index in [1.54, 1.807) is 0 Å². The van der Waals surface area contributed by atoms with E-state index < -0.39 is 61.5 Å². The molecule has 0 fully saturated rings. The summed E-state index contributed by atoms with van der Waals surface area (Å²) >= 11 is 0. The molecule has 1 radical (unpaired) electrons. The molecule has 177 valence electrons. The van der Waals surface area contributed by atoms with Gasteiger partial charge in [0.2, 0.25) is 0 Å². The molecule has 0 heterocycles. The van der Waals surface area contributed by atoms with Crippen LogP contribution in [0.5, 0.6) is 0 Å². The largest absolute Gasteiger partial charge is 0.414 e. The Balaban J connectivity index is -0.000000432. The van der Waals surface area contributed by atoms with Gasteiger partial charge < -0.3 is 20.4 Å². The van der Waals surface area contributed by atoms with E-state index in [-0.39, 0.29) is 17.1 Å². The Kier molecular flexibility index (Phi) is 12.7. The van der Waals surface area contributed by atoms with Crippen LogP contribution in [0.1, 0.15) is 13.3 Å². The molecule has 4 unspecified atom stereocenters. The van der Waals surface area contributed by atoms with Crippen molar-refractivity contribution in [3.05, 3.63) is 0 Å². The van der Waals surface area contributed by atoms with Crippen LogP contribution < -0.4 is 0 Å². The summed E-state index contributed by atoms with van der Waals surface area (Å²) in [5.74, 6) is -2.35. The number of halogens is 12. The minimum Gasteiger partial charge on any atom is -0.384 e. The van der Waals surface area contributed by atoms with Crippen LogP contribution in [0, 0.1) is 5.92 Å². The van der Waals surface area contributed by atoms with E-state index in [9.17, 15) is 52.7 Å². The Morgan fingerprint density at radius 1 is 0.536 bits per heavy atom. The Hall–Kier alpha value is -0.481. The van der Waals surface area contributed by atoms with Gasteiger partial charge >= 0.3 is 24.7 Å². The molecule has 0 aliphatic carbocycles. The second-order valence-corrected chi connectivity index (χ2v) is 5.18. The van der Waals surface area contributed by atoms with E-state index in [2.05, 4.69) is 0 Å². The quantitative estimate of drug-likeness (QED) is 0.353. The zero-order valence-electron chi connectivity index (χ0n) is 13.2. The predicted octanol–water partition coefficient (Wildman–Crippen LogP) is 2.69. The molecule has 17 heteroatoms. The van der Waals surface area contributed by atoms with E-state index in [1.807, 2.05) is 0 Å². The molecule has 0 saturated carbocycles. The van der Waals surface area contributed by atoms with Crippen LogP contribution in [-0.2, 0) is 17.1 Å². The van der Waals surface area contributed by atoms with Crippen molar-refractivity contribution in [3.63, 3.8) is 0 Å². The van der Waals surface area contributed by atoms with Crippen molar-refractivity contribution >= 4 is 0 Å². The van der Waals surface area contributed by atoms with Gasteiger partial charge in [-0.25, -0.2) is 0 Å². The zero-order valence-corrected chi connectivity index (χ0v) is 14.2. The third-order valence-corrected chi connectivity index (χ3v) is 2.87. The van der Waals surface area contributed by atoms with Gasteiger partial charge in [-0.2, -0.15) is 52.7 Å². The van der Waals surface area contributed by atoms with Crippen LogP contribution >= 0.6 is 0 Å². The second-order valence-electron chi connectivity index (χ2n) is 5.18. The molecule has 4 nitrogen and oxygen atoms in total. The van der Waals surface area contributed by atoms with Crippen LogP contribution in [0.3, 0.4) is 0 Å². The summed E-state index contributed by atoms with van der Waals surface area (Å²) in [6, 6.07) is 0. The molecule has 0 aromatic carbocycles. The maximum absolute atomic E-state index is 11.7. The van der Waals surface area contributed by atoms with Crippen LogP contribution in [0.2, 0.25) is 0 Å². The minimum atomic E-state index is -5.17. The maximum Gasteiger partial charge on any atom is 0.414 e. The summed E-state index contributed by atoms with van der Waals surface area (Å²) in [6.45, 7) is 0.469. The van der Waals surface area contributed by atoms with Gasteiger partial charge in [0.25, 0.3) is 0 Å². The predicted molar refractivity (Wildman–Crippen MR) is 62.0 cm³/mol. The molecule has 0 saturated heterocycles. The molecule has 0 amide bonds. The molecule has 0 bridgehead atoms. The van der Waals surface area contributed by atoms with E-state index >= 15 is 0 Å². The molecule has 0 spiro atoms. The van der Waals surface area contributed by atoms with Gasteiger partial charge in [0.1, 0.15) is 0 Å². The normalized spacial score (nSPS) is 18.8. The summed E-state index contributed by atoms with van der Waals surface area (Å²) < 4.78 is 139. The van der Waals surface area contributed by atoms with Crippen molar-refractivity contribution in [2.45, 2.75) is 62.5 Å². The van der Waals surface area contributed by atoms with Gasteiger partial charge in [0.05, 0.1) is 0 Å². The first-order valence-electron chi connectivity index (χ1n) is 6.52. The van der Waals surface area contributed by atoms with Crippen LogP contribution in [0.25, 0.3) is 0 Å². The fourth-order valence-corrected chi connectivity index (χ4v) is 1.25. The molecule has 0 aliphatic rings. The first-order valence-corrected chi connectivity index (χ1v) is 6.52. The molecule has 0 aliphatic heterocycles. The minimum absolute atomic E-state index is 0. The third kappa shape index (κ3) is 12.2. The van der Waals surface area contributed by atoms with Crippen molar-refractivity contribution in [1.82, 2.24) is 0 Å². The first-order chi connectivity index (χ1) is 11.5. The van der Waals surface area contributed by atoms with Crippen molar-refractivity contribution in [2.24, 2.45) is 5.92 Å². The number of rotatable bonds is 4. The van der Waals surface area contributed by atoms with Gasteiger partial charge in [0.15, 0.2) is 24.4 Å². The number of hydrogen-bond donors (Lipinski definition) is 4. The maximum atomic E-state index is 11.7. The summed E-state index contributed by atoms with van der Waals surface area (Å²) in [7, 11) is 0. The fourth-order valence-electron chi connectivity index (χ4n) is 1.25. The first kappa shape index (κ1) is 32.2. The Morgan fingerprint density at radius 2 is 0.750 bits per heavy atom. The van der Waals surface area contributed by atoms with Crippen LogP contribution in [0.15, 0.2) is 0 Å². The van der Waals surface area contributed by atoms with Gasteiger partial charge in [-0.05, 0) is 0 Å². The van der Waals surface area contributed by atoms with Crippen molar-refractivity contribution in [2.75, 3.05) is 0 Å². The topological polar surface area (TPSA) is 80.9 Å². The zero-order chi connectivity index (χ0) is 22.6. The summed E-state index contributed by atoms with van der Waals surface area (Å²) in [5, 5.41) is 33.1. The smallest absolute Gasteiger partial charge is 0.384 e. The SMILES string of the molecule is CC(C(O)C(F)(F)F)C(O)C(F)(F)F.OC(CC(O)C(F)(F)F)C(F)(F)F.[Cu]. The van der Waals surface area contributed by atoms with E-state index in [0.29, 0.717) is 6.92 Å². The summed E-state index contributed by atoms with van der Waals surface area (Å²) in [4.78, 5) is 0. The fraction of sp³-hybridized carbons (Fsp3) is 1.00. The third-order valence-electron chi connectivity index (χ3n) is 2.87. The average Bonchev–Trinajstić information content (AvgIpc) is 2.41. The molecular formula is C11H14CuF12O4. The van der Waals surface area contributed by atoms with E-state index in [0.717, 1.165) is 0 Å². The average molecular weight is 502 g/mol. The molecule has 0 aromatic rings. The Bertz CT molecular complexity index is 395. The summed E-state index contributed by atoms with van der Waals surface area (Å²) in [6.07, 6.45) is -35.2. The van der Waals surface area contributed by atoms with Gasteiger partial charge in [-0.3, -0.25) is 0 Å². The Morgan fingerprint density at radius 3 is 0.893 bits per heavy atom. The molecular weight excluding hydrogens is 488 g/mol. The van der Waals surface area contributed by atoms with Gasteiger partial charge in [-0.15, -0.1) is 0 Å². The molecule has 28 heavy (non-hydrogen) atoms. The molecule has 0 aromatic heterocycles. The van der Waals surface area contributed by atoms with Gasteiger partial charge in [0, 0.05) is 29.4 Å². The van der Waals surface area contributed by atoms with Gasteiger partial charge in [-0.1, -0.05) is 6.92 Å². The standard InChI is InChI=1S/C6H8F6O2.C5H6F6O2.Cu/c1-2(3(13)5(7,8)9)4(14)6(10,11)12;6-4(7,8)2(12)1-3(13)5(9,10)11;/h2-4,13-14H,1H3;2-3,12-13H,1H2;. The van der Waals surface area contributed by atoms with Crippen molar-refractivity contribution in [3.8, 4) is 0 Å². The molecule has 0 rings (SSSR count). The molecule has 4 N–H and O–H groups in total. The van der Waals surface area contributed by atoms with Crippen LogP contribution in [0.4, 0.5) is 52.7 Å². The number of hydrogen-bond acceptors (Lipinski definition) is 4. The van der Waals surface area contributed by atoms with Crippen molar-refractivity contribution in [1.29, 1.82) is 0 Å². The Labute approximate surface area is 159 Å². The second kappa shape index (κ2) is 11.1. The summed E-state index contributed by atoms with van der Waals surface area (Å²) in [5.41, 5.74) is 0. The monoisotopic (exact) mass is 501 g/mol. The number of alkyl halides is 12. The van der Waals surface area contributed by atoms with Crippen LogP contribution in [-0.4, -0.2) is 69.5 Å².